The van der Waals surface area contributed by atoms with Gasteiger partial charge >= 0.3 is 6.18 Å². The van der Waals surface area contributed by atoms with Crippen LogP contribution in [0.25, 0.3) is 0 Å². The molecule has 8 heteroatoms. The fraction of sp³-hybridized carbons (Fsp3) is 0.917. The third-order valence-electron chi connectivity index (χ3n) is 2.97. The maximum absolute atomic E-state index is 11.8. The molecule has 0 bridgehead atoms. The van der Waals surface area contributed by atoms with Gasteiger partial charge in [-0.1, -0.05) is 0 Å². The fourth-order valence-electron chi connectivity index (χ4n) is 2.06. The van der Waals surface area contributed by atoms with E-state index >= 15 is 0 Å². The summed E-state index contributed by atoms with van der Waals surface area (Å²) >= 11 is 0. The van der Waals surface area contributed by atoms with E-state index in [9.17, 15) is 23.1 Å². The second-order valence-electron chi connectivity index (χ2n) is 4.95. The number of aliphatic hydroxyl groups is 1. The number of amides is 1. The highest BCUT2D eigenvalue weighted by molar-refractivity contribution is 5.76. The Kier molecular flexibility index (Phi) is 6.70. The van der Waals surface area contributed by atoms with Crippen LogP contribution in [0.5, 0.6) is 0 Å². The Labute approximate surface area is 116 Å². The molecule has 1 fully saturated rings. The number of rotatable bonds is 6. The summed E-state index contributed by atoms with van der Waals surface area (Å²) in [5, 5.41) is 9.26. The number of piperazine rings is 1. The van der Waals surface area contributed by atoms with E-state index in [0.717, 1.165) is 0 Å². The van der Waals surface area contributed by atoms with E-state index in [1.807, 2.05) is 0 Å². The number of ether oxygens (including phenoxy) is 1. The summed E-state index contributed by atoms with van der Waals surface area (Å²) in [7, 11) is 0. The standard InChI is InChI=1S/C12H21F3N2O3/c1-10(18)8-16-3-5-17(6-4-16)11(19)2-7-20-9-12(13,14)15/h10,18H,2-9H2,1H3/t10-/m0/s1. The van der Waals surface area contributed by atoms with Crippen LogP contribution in [-0.2, 0) is 9.53 Å². The number of β-amino-alcohol motifs (C(OH)–C–C–N with tert-alkyl or cyclic N) is 1. The number of alkyl halides is 3. The van der Waals surface area contributed by atoms with Gasteiger partial charge in [0.2, 0.25) is 5.91 Å². The summed E-state index contributed by atoms with van der Waals surface area (Å²) < 4.78 is 39.9. The van der Waals surface area contributed by atoms with Gasteiger partial charge in [0.15, 0.2) is 0 Å². The van der Waals surface area contributed by atoms with Crippen molar-refractivity contribution in [2.45, 2.75) is 25.6 Å². The summed E-state index contributed by atoms with van der Waals surface area (Å²) in [5.41, 5.74) is 0. The Hall–Kier alpha value is -0.860. The molecule has 0 unspecified atom stereocenters. The van der Waals surface area contributed by atoms with Crippen LogP contribution in [0.4, 0.5) is 13.2 Å². The fourth-order valence-corrected chi connectivity index (χ4v) is 2.06. The molecule has 5 nitrogen and oxygen atoms in total. The second kappa shape index (κ2) is 7.80. The highest BCUT2D eigenvalue weighted by Gasteiger charge is 2.27. The second-order valence-corrected chi connectivity index (χ2v) is 4.95. The molecule has 0 aliphatic carbocycles. The maximum Gasteiger partial charge on any atom is 0.411 e. The normalized spacial score (nSPS) is 19.1. The first kappa shape index (κ1) is 17.2. The molecule has 0 saturated carbocycles. The van der Waals surface area contributed by atoms with Gasteiger partial charge in [-0.05, 0) is 6.92 Å². The lowest BCUT2D eigenvalue weighted by atomic mass is 10.2. The molecule has 20 heavy (non-hydrogen) atoms. The van der Waals surface area contributed by atoms with Gasteiger partial charge in [-0.25, -0.2) is 0 Å². The van der Waals surface area contributed by atoms with Gasteiger partial charge in [-0.3, -0.25) is 9.69 Å². The molecule has 1 N–H and O–H groups in total. The summed E-state index contributed by atoms with van der Waals surface area (Å²) in [4.78, 5) is 15.4. The van der Waals surface area contributed by atoms with Gasteiger partial charge in [0.25, 0.3) is 0 Å². The number of carbonyl (C=O) groups excluding carboxylic acids is 1. The minimum absolute atomic E-state index is 0.0352. The van der Waals surface area contributed by atoms with Crippen molar-refractivity contribution in [1.29, 1.82) is 0 Å². The van der Waals surface area contributed by atoms with Crippen molar-refractivity contribution in [1.82, 2.24) is 9.80 Å². The SMILES string of the molecule is C[C@H](O)CN1CCN(C(=O)CCOCC(F)(F)F)CC1. The Morgan fingerprint density at radius 1 is 1.30 bits per heavy atom. The topological polar surface area (TPSA) is 53.0 Å². The average Bonchev–Trinajstić information content (AvgIpc) is 2.33. The van der Waals surface area contributed by atoms with Gasteiger partial charge in [-0.15, -0.1) is 0 Å². The van der Waals surface area contributed by atoms with Crippen LogP contribution in [0.15, 0.2) is 0 Å². The van der Waals surface area contributed by atoms with Crippen molar-refractivity contribution in [2.75, 3.05) is 45.9 Å². The van der Waals surface area contributed by atoms with Crippen LogP contribution in [0, 0.1) is 0 Å². The molecular weight excluding hydrogens is 277 g/mol. The molecular formula is C12H21F3N2O3. The molecule has 1 atom stereocenters. The Morgan fingerprint density at radius 3 is 2.40 bits per heavy atom. The van der Waals surface area contributed by atoms with Crippen LogP contribution in [0.2, 0.25) is 0 Å². The predicted molar refractivity (Wildman–Crippen MR) is 66.2 cm³/mol. The van der Waals surface area contributed by atoms with Gasteiger partial charge in [-0.2, -0.15) is 13.2 Å². The van der Waals surface area contributed by atoms with E-state index in [2.05, 4.69) is 9.64 Å². The van der Waals surface area contributed by atoms with Crippen LogP contribution < -0.4 is 0 Å². The van der Waals surface area contributed by atoms with Crippen molar-refractivity contribution < 1.29 is 27.8 Å². The Morgan fingerprint density at radius 2 is 1.90 bits per heavy atom. The predicted octanol–water partition coefficient (Wildman–Crippen LogP) is 0.480. The highest BCUT2D eigenvalue weighted by Crippen LogP contribution is 2.14. The number of nitrogens with zero attached hydrogens (tertiary/aromatic N) is 2. The van der Waals surface area contributed by atoms with Crippen molar-refractivity contribution >= 4 is 5.91 Å². The summed E-state index contributed by atoms with van der Waals surface area (Å²) in [6.07, 6.45) is -4.80. The third-order valence-corrected chi connectivity index (χ3v) is 2.97. The van der Waals surface area contributed by atoms with E-state index in [1.54, 1.807) is 11.8 Å². The van der Waals surface area contributed by atoms with Gasteiger partial charge < -0.3 is 14.7 Å². The van der Waals surface area contributed by atoms with Crippen LogP contribution in [0.3, 0.4) is 0 Å². The molecule has 0 aromatic carbocycles. The van der Waals surface area contributed by atoms with E-state index < -0.39 is 18.9 Å². The zero-order valence-corrected chi connectivity index (χ0v) is 11.5. The Bertz CT molecular complexity index is 303. The molecule has 1 amide bonds. The minimum Gasteiger partial charge on any atom is -0.392 e. The van der Waals surface area contributed by atoms with Gasteiger partial charge in [0, 0.05) is 32.7 Å². The molecule has 118 valence electrons. The lowest BCUT2D eigenvalue weighted by molar-refractivity contribution is -0.175. The van der Waals surface area contributed by atoms with Crippen LogP contribution >= 0.6 is 0 Å². The first-order chi connectivity index (χ1) is 9.28. The molecule has 0 spiro atoms. The third kappa shape index (κ3) is 7.06. The molecule has 1 aliphatic heterocycles. The summed E-state index contributed by atoms with van der Waals surface area (Å²) in [6.45, 7) is 3.14. The van der Waals surface area contributed by atoms with Gasteiger partial charge in [0.05, 0.1) is 19.1 Å². The van der Waals surface area contributed by atoms with E-state index in [4.69, 9.17) is 0 Å². The molecule has 1 heterocycles. The molecule has 0 aromatic heterocycles. The number of aliphatic hydroxyl groups excluding tert-OH is 1. The number of hydrogen-bond acceptors (Lipinski definition) is 4. The Balaban J connectivity index is 2.16. The smallest absolute Gasteiger partial charge is 0.392 e. The van der Waals surface area contributed by atoms with E-state index in [-0.39, 0.29) is 18.9 Å². The zero-order valence-electron chi connectivity index (χ0n) is 11.5. The molecule has 0 radical (unpaired) electrons. The van der Waals surface area contributed by atoms with Crippen molar-refractivity contribution in [3.63, 3.8) is 0 Å². The lowest BCUT2D eigenvalue weighted by Gasteiger charge is -2.35. The lowest BCUT2D eigenvalue weighted by Crippen LogP contribution is -2.50. The quantitative estimate of drug-likeness (QED) is 0.725. The molecule has 1 saturated heterocycles. The average molecular weight is 298 g/mol. The van der Waals surface area contributed by atoms with Crippen LogP contribution in [0.1, 0.15) is 13.3 Å². The van der Waals surface area contributed by atoms with Crippen LogP contribution in [-0.4, -0.2) is 79.0 Å². The number of carbonyl (C=O) groups is 1. The van der Waals surface area contributed by atoms with Crippen molar-refractivity contribution in [2.24, 2.45) is 0 Å². The highest BCUT2D eigenvalue weighted by atomic mass is 19.4. The van der Waals surface area contributed by atoms with E-state index in [0.29, 0.717) is 32.7 Å². The molecule has 1 rings (SSSR count). The minimum atomic E-state index is -4.35. The largest absolute Gasteiger partial charge is 0.411 e. The molecule has 1 aliphatic rings. The zero-order chi connectivity index (χ0) is 15.2. The first-order valence-electron chi connectivity index (χ1n) is 6.60. The first-order valence-corrected chi connectivity index (χ1v) is 6.60. The number of halogens is 3. The van der Waals surface area contributed by atoms with Crippen molar-refractivity contribution in [3.8, 4) is 0 Å². The monoisotopic (exact) mass is 298 g/mol. The number of hydrogen-bond donors (Lipinski definition) is 1. The molecule has 0 aromatic rings. The van der Waals surface area contributed by atoms with Crippen molar-refractivity contribution in [3.05, 3.63) is 0 Å². The maximum atomic E-state index is 11.8. The summed E-state index contributed by atoms with van der Waals surface area (Å²) in [6, 6.07) is 0. The summed E-state index contributed by atoms with van der Waals surface area (Å²) in [5.74, 6) is -0.191. The van der Waals surface area contributed by atoms with E-state index in [1.165, 1.54) is 0 Å². The van der Waals surface area contributed by atoms with Gasteiger partial charge in [0.1, 0.15) is 6.61 Å².